The predicted octanol–water partition coefficient (Wildman–Crippen LogP) is 1.63. The third kappa shape index (κ3) is 2.76. The molecule has 0 aromatic heterocycles. The van der Waals surface area contributed by atoms with Gasteiger partial charge in [-0.2, -0.15) is 0 Å². The maximum atomic E-state index is 5.72. The lowest BCUT2D eigenvalue weighted by atomic mass is 10.0. The topological polar surface area (TPSA) is 24.5 Å². The Morgan fingerprint density at radius 3 is 2.88 bits per heavy atom. The van der Waals surface area contributed by atoms with Crippen LogP contribution in [0.25, 0.3) is 0 Å². The van der Waals surface area contributed by atoms with E-state index in [0.29, 0.717) is 6.04 Å². The van der Waals surface area contributed by atoms with Gasteiger partial charge in [0.05, 0.1) is 5.60 Å². The van der Waals surface area contributed by atoms with Crippen molar-refractivity contribution in [1.82, 2.24) is 10.2 Å². The molecule has 2 fully saturated rings. The van der Waals surface area contributed by atoms with Crippen LogP contribution < -0.4 is 5.32 Å². The number of ether oxygens (including phenoxy) is 1. The molecule has 2 unspecified atom stereocenters. The second-order valence-electron chi connectivity index (χ2n) is 5.71. The standard InChI is InChI=1S/C13H26N2O/c1-4-16-13(2,3)10-14-11-7-9-15-8-5-6-12(11)15/h11-12,14H,4-10H2,1-3H3. The van der Waals surface area contributed by atoms with Crippen molar-refractivity contribution < 1.29 is 4.74 Å². The van der Waals surface area contributed by atoms with Gasteiger partial charge in [-0.1, -0.05) is 0 Å². The Labute approximate surface area is 99.5 Å². The van der Waals surface area contributed by atoms with Crippen LogP contribution in [0.2, 0.25) is 0 Å². The molecule has 3 nitrogen and oxygen atoms in total. The van der Waals surface area contributed by atoms with Gasteiger partial charge in [0.2, 0.25) is 0 Å². The average Bonchev–Trinajstić information content (AvgIpc) is 2.76. The smallest absolute Gasteiger partial charge is 0.0750 e. The fourth-order valence-corrected chi connectivity index (χ4v) is 3.14. The Morgan fingerprint density at radius 2 is 2.12 bits per heavy atom. The summed E-state index contributed by atoms with van der Waals surface area (Å²) in [4.78, 5) is 2.64. The molecule has 0 aromatic carbocycles. The second-order valence-corrected chi connectivity index (χ2v) is 5.71. The number of hydrogen-bond donors (Lipinski definition) is 1. The van der Waals surface area contributed by atoms with Crippen LogP contribution in [-0.4, -0.2) is 48.8 Å². The summed E-state index contributed by atoms with van der Waals surface area (Å²) in [5.41, 5.74) is -0.0270. The van der Waals surface area contributed by atoms with Gasteiger partial charge < -0.3 is 10.1 Å². The van der Waals surface area contributed by atoms with E-state index >= 15 is 0 Å². The zero-order valence-corrected chi connectivity index (χ0v) is 11.0. The van der Waals surface area contributed by atoms with Crippen molar-refractivity contribution in [2.24, 2.45) is 0 Å². The molecule has 3 heteroatoms. The fraction of sp³-hybridized carbons (Fsp3) is 1.00. The van der Waals surface area contributed by atoms with Crippen LogP contribution in [0.15, 0.2) is 0 Å². The lowest BCUT2D eigenvalue weighted by Crippen LogP contribution is -2.46. The normalized spacial score (nSPS) is 30.9. The van der Waals surface area contributed by atoms with Gasteiger partial charge >= 0.3 is 0 Å². The minimum Gasteiger partial charge on any atom is -0.375 e. The summed E-state index contributed by atoms with van der Waals surface area (Å²) in [6, 6.07) is 1.50. The summed E-state index contributed by atoms with van der Waals surface area (Å²) in [5, 5.41) is 3.71. The minimum absolute atomic E-state index is 0.0270. The Balaban J connectivity index is 1.77. The van der Waals surface area contributed by atoms with E-state index in [1.807, 2.05) is 0 Å². The predicted molar refractivity (Wildman–Crippen MR) is 66.7 cm³/mol. The molecular weight excluding hydrogens is 200 g/mol. The third-order valence-corrected chi connectivity index (χ3v) is 3.93. The van der Waals surface area contributed by atoms with E-state index in [1.165, 1.54) is 32.4 Å². The molecule has 0 aliphatic carbocycles. The third-order valence-electron chi connectivity index (χ3n) is 3.93. The molecule has 0 spiro atoms. The van der Waals surface area contributed by atoms with Crippen LogP contribution in [0.5, 0.6) is 0 Å². The molecule has 2 saturated heterocycles. The van der Waals surface area contributed by atoms with Crippen molar-refractivity contribution in [1.29, 1.82) is 0 Å². The van der Waals surface area contributed by atoms with E-state index in [1.54, 1.807) is 0 Å². The maximum absolute atomic E-state index is 5.72. The Hall–Kier alpha value is -0.120. The zero-order valence-electron chi connectivity index (χ0n) is 11.0. The molecule has 0 amide bonds. The van der Waals surface area contributed by atoms with E-state index in [2.05, 4.69) is 31.0 Å². The van der Waals surface area contributed by atoms with Gasteiger partial charge in [-0.25, -0.2) is 0 Å². The molecule has 0 aromatic rings. The van der Waals surface area contributed by atoms with Crippen LogP contribution in [0.3, 0.4) is 0 Å². The number of rotatable bonds is 5. The Bertz CT molecular complexity index is 230. The second kappa shape index (κ2) is 5.03. The molecule has 16 heavy (non-hydrogen) atoms. The van der Waals surface area contributed by atoms with Crippen molar-refractivity contribution in [3.05, 3.63) is 0 Å². The first-order valence-corrected chi connectivity index (χ1v) is 6.74. The van der Waals surface area contributed by atoms with Gasteiger partial charge in [-0.05, 0) is 46.6 Å². The lowest BCUT2D eigenvalue weighted by molar-refractivity contribution is -0.0110. The number of hydrogen-bond acceptors (Lipinski definition) is 3. The minimum atomic E-state index is -0.0270. The quantitative estimate of drug-likeness (QED) is 0.771. The highest BCUT2D eigenvalue weighted by atomic mass is 16.5. The summed E-state index contributed by atoms with van der Waals surface area (Å²) < 4.78 is 5.72. The molecule has 2 atom stereocenters. The van der Waals surface area contributed by atoms with Crippen LogP contribution in [-0.2, 0) is 4.74 Å². The van der Waals surface area contributed by atoms with E-state index in [0.717, 1.165) is 19.2 Å². The number of fused-ring (bicyclic) bond motifs is 1. The van der Waals surface area contributed by atoms with Crippen LogP contribution in [0.4, 0.5) is 0 Å². The van der Waals surface area contributed by atoms with E-state index in [4.69, 9.17) is 4.74 Å². The monoisotopic (exact) mass is 226 g/mol. The Morgan fingerprint density at radius 1 is 1.31 bits per heavy atom. The summed E-state index contributed by atoms with van der Waals surface area (Å²) in [7, 11) is 0. The SMILES string of the molecule is CCOC(C)(C)CNC1CCN2CCCC12. The first kappa shape index (κ1) is 12.3. The molecule has 2 aliphatic rings. The summed E-state index contributed by atoms with van der Waals surface area (Å²) in [5.74, 6) is 0. The van der Waals surface area contributed by atoms with Crippen molar-refractivity contribution in [3.8, 4) is 0 Å². The first-order chi connectivity index (χ1) is 7.62. The molecule has 0 saturated carbocycles. The van der Waals surface area contributed by atoms with E-state index < -0.39 is 0 Å². The van der Waals surface area contributed by atoms with Crippen molar-refractivity contribution in [2.45, 2.75) is 57.7 Å². The van der Waals surface area contributed by atoms with Crippen LogP contribution >= 0.6 is 0 Å². The molecule has 1 N–H and O–H groups in total. The van der Waals surface area contributed by atoms with Gasteiger partial charge in [0, 0.05) is 31.8 Å². The summed E-state index contributed by atoms with van der Waals surface area (Å²) >= 11 is 0. The van der Waals surface area contributed by atoms with Gasteiger partial charge in [0.1, 0.15) is 0 Å². The van der Waals surface area contributed by atoms with E-state index in [9.17, 15) is 0 Å². The average molecular weight is 226 g/mol. The van der Waals surface area contributed by atoms with E-state index in [-0.39, 0.29) is 5.60 Å². The fourth-order valence-electron chi connectivity index (χ4n) is 3.14. The highest BCUT2D eigenvalue weighted by molar-refractivity contribution is 4.96. The highest BCUT2D eigenvalue weighted by Crippen LogP contribution is 2.28. The van der Waals surface area contributed by atoms with Crippen molar-refractivity contribution in [3.63, 3.8) is 0 Å². The largest absolute Gasteiger partial charge is 0.375 e. The van der Waals surface area contributed by atoms with Crippen LogP contribution in [0.1, 0.15) is 40.0 Å². The van der Waals surface area contributed by atoms with Gasteiger partial charge in [0.25, 0.3) is 0 Å². The van der Waals surface area contributed by atoms with Gasteiger partial charge in [-0.15, -0.1) is 0 Å². The molecule has 94 valence electrons. The van der Waals surface area contributed by atoms with Gasteiger partial charge in [-0.3, -0.25) is 4.90 Å². The summed E-state index contributed by atoms with van der Waals surface area (Å²) in [6.45, 7) is 10.8. The molecule has 2 aliphatic heterocycles. The molecular formula is C13H26N2O. The molecule has 2 rings (SSSR count). The molecule has 0 bridgehead atoms. The first-order valence-electron chi connectivity index (χ1n) is 6.74. The van der Waals surface area contributed by atoms with Crippen molar-refractivity contribution in [2.75, 3.05) is 26.2 Å². The molecule has 2 heterocycles. The Kier molecular flexibility index (Phi) is 3.88. The van der Waals surface area contributed by atoms with Crippen LogP contribution in [0, 0.1) is 0 Å². The maximum Gasteiger partial charge on any atom is 0.0750 e. The zero-order chi connectivity index (χ0) is 11.6. The lowest BCUT2D eigenvalue weighted by Gasteiger charge is -2.29. The number of nitrogens with one attached hydrogen (secondary N) is 1. The number of nitrogens with zero attached hydrogens (tertiary/aromatic N) is 1. The summed E-state index contributed by atoms with van der Waals surface area (Å²) in [6.07, 6.45) is 4.08. The van der Waals surface area contributed by atoms with Gasteiger partial charge in [0.15, 0.2) is 0 Å². The molecule has 0 radical (unpaired) electrons. The van der Waals surface area contributed by atoms with Crippen molar-refractivity contribution >= 4 is 0 Å². The highest BCUT2D eigenvalue weighted by Gasteiger charge is 2.37.